The number of esters is 1. The number of hydrazone groups is 1. The number of aromatic nitrogens is 1. The number of hydrogen-bond acceptors (Lipinski definition) is 8. The lowest BCUT2D eigenvalue weighted by molar-refractivity contribution is 0.0605. The lowest BCUT2D eigenvalue weighted by Crippen LogP contribution is -2.01. The molecule has 0 aliphatic rings. The van der Waals surface area contributed by atoms with Gasteiger partial charge in [-0.1, -0.05) is 24.3 Å². The van der Waals surface area contributed by atoms with E-state index in [1.807, 2.05) is 32.0 Å². The maximum absolute atomic E-state index is 11.7. The summed E-state index contributed by atoms with van der Waals surface area (Å²) in [6, 6.07) is 5.57. The molecule has 0 saturated heterocycles. The van der Waals surface area contributed by atoms with Gasteiger partial charge in [0.05, 0.1) is 32.7 Å². The number of benzene rings is 1. The number of rotatable bonds is 8. The van der Waals surface area contributed by atoms with Gasteiger partial charge in [0.15, 0.2) is 11.5 Å². The van der Waals surface area contributed by atoms with E-state index in [-0.39, 0.29) is 0 Å². The molecule has 0 fully saturated rings. The molecule has 1 N–H and O–H groups in total. The van der Waals surface area contributed by atoms with E-state index in [4.69, 9.17) is 14.2 Å². The third-order valence-corrected chi connectivity index (χ3v) is 4.26. The van der Waals surface area contributed by atoms with E-state index >= 15 is 0 Å². The summed E-state index contributed by atoms with van der Waals surface area (Å²) >= 11 is 1.21. The van der Waals surface area contributed by atoms with Gasteiger partial charge in [-0.3, -0.25) is 5.43 Å². The Morgan fingerprint density at radius 1 is 1.36 bits per heavy atom. The Morgan fingerprint density at radius 2 is 2.16 bits per heavy atom. The highest BCUT2D eigenvalue weighted by Crippen LogP contribution is 2.30. The Morgan fingerprint density at radius 3 is 2.80 bits per heavy atom. The number of nitrogens with one attached hydrogen (secondary N) is 1. The van der Waals surface area contributed by atoms with Gasteiger partial charge in [0.1, 0.15) is 4.88 Å². The van der Waals surface area contributed by atoms with Crippen LogP contribution in [-0.4, -0.2) is 38.0 Å². The van der Waals surface area contributed by atoms with Crippen molar-refractivity contribution >= 4 is 28.7 Å². The smallest absolute Gasteiger partial charge is 0.350 e. The van der Waals surface area contributed by atoms with Gasteiger partial charge < -0.3 is 14.2 Å². The van der Waals surface area contributed by atoms with Gasteiger partial charge in [0, 0.05) is 5.56 Å². The summed E-state index contributed by atoms with van der Waals surface area (Å²) in [5, 5.41) is 4.70. The van der Waals surface area contributed by atoms with Crippen LogP contribution in [0.25, 0.3) is 0 Å². The van der Waals surface area contributed by atoms with Crippen molar-refractivity contribution in [2.24, 2.45) is 5.10 Å². The van der Waals surface area contributed by atoms with Crippen LogP contribution in [0.3, 0.4) is 0 Å². The maximum Gasteiger partial charge on any atom is 0.350 e. The molecule has 0 saturated carbocycles. The van der Waals surface area contributed by atoms with Crippen LogP contribution in [-0.2, 0) is 11.2 Å². The van der Waals surface area contributed by atoms with Gasteiger partial charge in [0.25, 0.3) is 0 Å². The quantitative estimate of drug-likeness (QED) is 0.440. The molecule has 8 heteroatoms. The molecular formula is C17H21N3O4S. The highest BCUT2D eigenvalue weighted by Gasteiger charge is 2.17. The molecule has 2 aromatic rings. The van der Waals surface area contributed by atoms with Gasteiger partial charge in [-0.25, -0.2) is 9.78 Å². The van der Waals surface area contributed by atoms with Crippen molar-refractivity contribution < 1.29 is 19.0 Å². The number of carbonyl (C=O) groups is 1. The third kappa shape index (κ3) is 4.48. The first-order valence-corrected chi connectivity index (χ1v) is 8.63. The molecule has 0 aliphatic heterocycles. The van der Waals surface area contributed by atoms with Crippen LogP contribution in [0.1, 0.15) is 34.8 Å². The van der Waals surface area contributed by atoms with Crippen molar-refractivity contribution in [1.82, 2.24) is 4.98 Å². The molecule has 0 unspecified atom stereocenters. The Labute approximate surface area is 150 Å². The zero-order valence-corrected chi connectivity index (χ0v) is 15.5. The zero-order chi connectivity index (χ0) is 18.2. The van der Waals surface area contributed by atoms with Crippen LogP contribution < -0.4 is 14.9 Å². The molecule has 1 aromatic heterocycles. The van der Waals surface area contributed by atoms with E-state index in [0.717, 1.165) is 5.56 Å². The Hall–Kier alpha value is -2.61. The fraction of sp³-hybridized carbons (Fsp3) is 0.353. The number of anilines is 1. The summed E-state index contributed by atoms with van der Waals surface area (Å²) in [5.41, 5.74) is 4.29. The Bertz CT molecular complexity index is 758. The van der Waals surface area contributed by atoms with Crippen LogP contribution in [0.4, 0.5) is 5.13 Å². The number of methoxy groups -OCH3 is 2. The van der Waals surface area contributed by atoms with Crippen molar-refractivity contribution in [3.05, 3.63) is 34.3 Å². The van der Waals surface area contributed by atoms with E-state index in [2.05, 4.69) is 15.5 Å². The molecule has 0 aliphatic carbocycles. The fourth-order valence-electron chi connectivity index (χ4n) is 2.17. The van der Waals surface area contributed by atoms with Gasteiger partial charge in [0.2, 0.25) is 5.13 Å². The standard InChI is InChI=1S/C17H21N3O4S/c1-5-12-15(16(21)23-4)25-17(19-12)20-18-10-11-8-7-9-13(24-6-2)14(11)22-3/h7-10H,5-6H2,1-4H3,(H,19,20)/b18-10-. The van der Waals surface area contributed by atoms with Crippen LogP contribution in [0, 0.1) is 0 Å². The molecule has 0 amide bonds. The molecular weight excluding hydrogens is 342 g/mol. The van der Waals surface area contributed by atoms with E-state index < -0.39 is 5.97 Å². The minimum atomic E-state index is -0.391. The highest BCUT2D eigenvalue weighted by molar-refractivity contribution is 7.17. The monoisotopic (exact) mass is 363 g/mol. The van der Waals surface area contributed by atoms with Gasteiger partial charge in [-0.05, 0) is 25.5 Å². The molecule has 7 nitrogen and oxygen atoms in total. The lowest BCUT2D eigenvalue weighted by Gasteiger charge is -2.10. The second kappa shape index (κ2) is 9.03. The molecule has 25 heavy (non-hydrogen) atoms. The largest absolute Gasteiger partial charge is 0.492 e. The SMILES string of the molecule is CCOc1cccc(/C=N\Nc2nc(CC)c(C(=O)OC)s2)c1OC. The predicted octanol–water partition coefficient (Wildman–Crippen LogP) is 3.35. The summed E-state index contributed by atoms with van der Waals surface area (Å²) in [6.07, 6.45) is 2.25. The van der Waals surface area contributed by atoms with Gasteiger partial charge >= 0.3 is 5.97 Å². The van der Waals surface area contributed by atoms with E-state index in [9.17, 15) is 4.79 Å². The van der Waals surface area contributed by atoms with Crippen molar-refractivity contribution in [3.8, 4) is 11.5 Å². The minimum Gasteiger partial charge on any atom is -0.492 e. The van der Waals surface area contributed by atoms with Gasteiger partial charge in [-0.15, -0.1) is 0 Å². The van der Waals surface area contributed by atoms with Crippen molar-refractivity contribution in [1.29, 1.82) is 0 Å². The Balaban J connectivity index is 2.17. The average Bonchev–Trinajstić information content (AvgIpc) is 3.05. The number of carbonyl (C=O) groups excluding carboxylic acids is 1. The number of aryl methyl sites for hydroxylation is 1. The molecule has 0 spiro atoms. The molecule has 134 valence electrons. The fourth-order valence-corrected chi connectivity index (χ4v) is 3.09. The third-order valence-electron chi connectivity index (χ3n) is 3.28. The first-order chi connectivity index (χ1) is 12.1. The molecule has 2 rings (SSSR count). The van der Waals surface area contributed by atoms with E-state index in [1.54, 1.807) is 13.3 Å². The number of thiazole rings is 1. The van der Waals surface area contributed by atoms with Crippen molar-refractivity contribution in [2.75, 3.05) is 26.3 Å². The summed E-state index contributed by atoms with van der Waals surface area (Å²) in [6.45, 7) is 4.39. The van der Waals surface area contributed by atoms with Crippen molar-refractivity contribution in [2.45, 2.75) is 20.3 Å². The lowest BCUT2D eigenvalue weighted by atomic mass is 10.2. The van der Waals surface area contributed by atoms with Gasteiger partial charge in [-0.2, -0.15) is 5.10 Å². The van der Waals surface area contributed by atoms with E-state index in [0.29, 0.717) is 40.2 Å². The molecule has 1 aromatic carbocycles. The van der Waals surface area contributed by atoms with Crippen LogP contribution >= 0.6 is 11.3 Å². The first-order valence-electron chi connectivity index (χ1n) is 7.81. The highest BCUT2D eigenvalue weighted by atomic mass is 32.1. The van der Waals surface area contributed by atoms with Crippen LogP contribution in [0.5, 0.6) is 11.5 Å². The summed E-state index contributed by atoms with van der Waals surface area (Å²) in [4.78, 5) is 16.6. The van der Waals surface area contributed by atoms with Crippen molar-refractivity contribution in [3.63, 3.8) is 0 Å². The molecule has 0 atom stereocenters. The summed E-state index contributed by atoms with van der Waals surface area (Å²) < 4.78 is 15.7. The second-order valence-electron chi connectivity index (χ2n) is 4.82. The number of ether oxygens (including phenoxy) is 3. The number of nitrogens with zero attached hydrogens (tertiary/aromatic N) is 2. The normalized spacial score (nSPS) is 10.7. The molecule has 0 radical (unpaired) electrons. The Kier molecular flexibility index (Phi) is 6.76. The molecule has 0 bridgehead atoms. The van der Waals surface area contributed by atoms with E-state index in [1.165, 1.54) is 18.4 Å². The predicted molar refractivity (Wildman–Crippen MR) is 98.2 cm³/mol. The number of para-hydroxylation sites is 1. The second-order valence-corrected chi connectivity index (χ2v) is 5.82. The minimum absolute atomic E-state index is 0.391. The number of hydrogen-bond donors (Lipinski definition) is 1. The first kappa shape index (κ1) is 18.7. The topological polar surface area (TPSA) is 82.0 Å². The zero-order valence-electron chi connectivity index (χ0n) is 14.7. The maximum atomic E-state index is 11.7. The molecule has 1 heterocycles. The van der Waals surface area contributed by atoms with Crippen LogP contribution in [0.15, 0.2) is 23.3 Å². The average molecular weight is 363 g/mol. The summed E-state index contributed by atoms with van der Waals surface area (Å²) in [7, 11) is 2.93. The summed E-state index contributed by atoms with van der Waals surface area (Å²) in [5.74, 6) is 0.875. The van der Waals surface area contributed by atoms with Crippen LogP contribution in [0.2, 0.25) is 0 Å².